The first kappa shape index (κ1) is 16.8. The molecule has 0 amide bonds. The van der Waals surface area contributed by atoms with Crippen LogP contribution in [-0.4, -0.2) is 29.6 Å². The second kappa shape index (κ2) is 7.72. The second-order valence-electron chi connectivity index (χ2n) is 7.93. The Kier molecular flexibility index (Phi) is 5.19. The average Bonchev–Trinajstić information content (AvgIpc) is 3.01. The summed E-state index contributed by atoms with van der Waals surface area (Å²) in [4.78, 5) is 2.59. The van der Waals surface area contributed by atoms with Gasteiger partial charge in [-0.1, -0.05) is 61.0 Å². The highest BCUT2D eigenvalue weighted by Gasteiger charge is 2.29. The minimum Gasteiger partial charge on any atom is -0.388 e. The van der Waals surface area contributed by atoms with Gasteiger partial charge in [0.05, 0.1) is 6.10 Å². The monoisotopic (exact) mass is 335 g/mol. The molecular weight excluding hydrogens is 306 g/mol. The maximum Gasteiger partial charge on any atom is 0.0802 e. The molecule has 0 radical (unpaired) electrons. The molecule has 2 aliphatic rings. The quantitative estimate of drug-likeness (QED) is 0.840. The smallest absolute Gasteiger partial charge is 0.0802 e. The summed E-state index contributed by atoms with van der Waals surface area (Å²) < 4.78 is 0. The van der Waals surface area contributed by atoms with E-state index in [0.29, 0.717) is 0 Å². The Balaban J connectivity index is 1.32. The number of rotatable bonds is 5. The predicted molar refractivity (Wildman–Crippen MR) is 103 cm³/mol. The van der Waals surface area contributed by atoms with Gasteiger partial charge in [-0.25, -0.2) is 0 Å². The van der Waals surface area contributed by atoms with Gasteiger partial charge >= 0.3 is 0 Å². The highest BCUT2D eigenvalue weighted by Crippen LogP contribution is 2.36. The molecule has 2 bridgehead atoms. The molecule has 1 aliphatic carbocycles. The summed E-state index contributed by atoms with van der Waals surface area (Å²) in [5.74, 6) is 1.89. The molecule has 2 nitrogen and oxygen atoms in total. The fraction of sp³-hybridized carbons (Fsp3) is 0.478. The average molecular weight is 335 g/mol. The van der Waals surface area contributed by atoms with Crippen LogP contribution in [0.5, 0.6) is 0 Å². The third kappa shape index (κ3) is 4.13. The Morgan fingerprint density at radius 3 is 2.40 bits per heavy atom. The van der Waals surface area contributed by atoms with E-state index in [2.05, 4.69) is 53.4 Å². The molecule has 2 fully saturated rings. The Morgan fingerprint density at radius 2 is 1.60 bits per heavy atom. The number of hydrogen-bond donors (Lipinski definition) is 1. The van der Waals surface area contributed by atoms with Crippen molar-refractivity contribution < 1.29 is 5.11 Å². The van der Waals surface area contributed by atoms with Gasteiger partial charge in [-0.3, -0.25) is 0 Å². The van der Waals surface area contributed by atoms with Crippen LogP contribution in [0.25, 0.3) is 11.1 Å². The van der Waals surface area contributed by atoms with Crippen LogP contribution in [0, 0.1) is 11.8 Å². The molecular formula is C23H29NO. The van der Waals surface area contributed by atoms with E-state index in [1.807, 2.05) is 6.07 Å². The Hall–Kier alpha value is -1.64. The van der Waals surface area contributed by atoms with Crippen LogP contribution in [0.3, 0.4) is 0 Å². The van der Waals surface area contributed by atoms with E-state index in [9.17, 15) is 5.11 Å². The van der Waals surface area contributed by atoms with Crippen molar-refractivity contribution in [2.75, 3.05) is 19.6 Å². The van der Waals surface area contributed by atoms with Gasteiger partial charge in [0.1, 0.15) is 0 Å². The van der Waals surface area contributed by atoms with Crippen LogP contribution in [0.4, 0.5) is 0 Å². The van der Waals surface area contributed by atoms with Gasteiger partial charge in [-0.15, -0.1) is 0 Å². The summed E-state index contributed by atoms with van der Waals surface area (Å²) in [5, 5.41) is 10.6. The topological polar surface area (TPSA) is 23.5 Å². The second-order valence-corrected chi connectivity index (χ2v) is 7.93. The minimum absolute atomic E-state index is 0.356. The molecule has 2 heteroatoms. The van der Waals surface area contributed by atoms with Crippen molar-refractivity contribution in [2.24, 2.45) is 11.8 Å². The fourth-order valence-electron chi connectivity index (χ4n) is 4.63. The zero-order valence-electron chi connectivity index (χ0n) is 15.0. The highest BCUT2D eigenvalue weighted by atomic mass is 16.3. The van der Waals surface area contributed by atoms with E-state index in [-0.39, 0.29) is 6.10 Å². The molecule has 0 aromatic heterocycles. The standard InChI is InChI=1S/C23H29NO/c25-23(13-15-24-14-12-18-6-7-19(16-18)17-24)22-10-8-21(9-11-22)20-4-2-1-3-5-20/h1-5,8-11,18-19,23,25H,6-7,12-17H2/t18-,19-,23-/m0/s1. The molecule has 1 saturated carbocycles. The summed E-state index contributed by atoms with van der Waals surface area (Å²) in [6, 6.07) is 18.8. The molecule has 1 aliphatic heterocycles. The van der Waals surface area contributed by atoms with E-state index < -0.39 is 0 Å². The van der Waals surface area contributed by atoms with Gasteiger partial charge in [0.15, 0.2) is 0 Å². The van der Waals surface area contributed by atoms with Crippen molar-refractivity contribution in [1.82, 2.24) is 4.90 Å². The molecule has 4 rings (SSSR count). The predicted octanol–water partition coefficient (Wildman–Crippen LogP) is 4.90. The third-order valence-electron chi connectivity index (χ3n) is 6.14. The Labute approximate surface area is 151 Å². The van der Waals surface area contributed by atoms with Crippen molar-refractivity contribution >= 4 is 0 Å². The molecule has 2 aromatic carbocycles. The van der Waals surface area contributed by atoms with E-state index in [0.717, 1.165) is 30.4 Å². The summed E-state index contributed by atoms with van der Waals surface area (Å²) in [6.07, 6.45) is 6.16. The van der Waals surface area contributed by atoms with Crippen molar-refractivity contribution in [3.8, 4) is 11.1 Å². The molecule has 0 spiro atoms. The molecule has 1 N–H and O–H groups in total. The van der Waals surface area contributed by atoms with Gasteiger partial charge in [0, 0.05) is 13.1 Å². The molecule has 1 heterocycles. The van der Waals surface area contributed by atoms with Crippen LogP contribution < -0.4 is 0 Å². The lowest BCUT2D eigenvalue weighted by Crippen LogP contribution is -2.30. The molecule has 1 saturated heterocycles. The van der Waals surface area contributed by atoms with E-state index in [4.69, 9.17) is 0 Å². The maximum absolute atomic E-state index is 10.6. The number of nitrogens with zero attached hydrogens (tertiary/aromatic N) is 1. The summed E-state index contributed by atoms with van der Waals surface area (Å²) >= 11 is 0. The van der Waals surface area contributed by atoms with Gasteiger partial charge in [0.25, 0.3) is 0 Å². The van der Waals surface area contributed by atoms with E-state index in [1.54, 1.807) is 0 Å². The lowest BCUT2D eigenvalue weighted by atomic mass is 10.0. The SMILES string of the molecule is O[C@@H](CCN1CC[C@@H]2CC[C@@H](C2)C1)c1ccc(-c2ccccc2)cc1. The summed E-state index contributed by atoms with van der Waals surface area (Å²) in [7, 11) is 0. The fourth-order valence-corrected chi connectivity index (χ4v) is 4.63. The first-order valence-corrected chi connectivity index (χ1v) is 9.84. The van der Waals surface area contributed by atoms with Crippen LogP contribution in [-0.2, 0) is 0 Å². The van der Waals surface area contributed by atoms with Crippen LogP contribution >= 0.6 is 0 Å². The number of aliphatic hydroxyl groups excluding tert-OH is 1. The molecule has 0 unspecified atom stereocenters. The normalized spacial score (nSPS) is 24.8. The Morgan fingerprint density at radius 1 is 0.880 bits per heavy atom. The number of fused-ring (bicyclic) bond motifs is 2. The van der Waals surface area contributed by atoms with E-state index in [1.165, 1.54) is 49.9 Å². The molecule has 2 aromatic rings. The number of benzene rings is 2. The number of likely N-dealkylation sites (tertiary alicyclic amines) is 1. The maximum atomic E-state index is 10.6. The van der Waals surface area contributed by atoms with Crippen molar-refractivity contribution in [3.05, 3.63) is 60.2 Å². The van der Waals surface area contributed by atoms with Crippen LogP contribution in [0.1, 0.15) is 43.8 Å². The van der Waals surface area contributed by atoms with Crippen LogP contribution in [0.15, 0.2) is 54.6 Å². The Bertz CT molecular complexity index is 666. The zero-order valence-corrected chi connectivity index (χ0v) is 15.0. The lowest BCUT2D eigenvalue weighted by molar-refractivity contribution is 0.136. The molecule has 132 valence electrons. The molecule has 3 atom stereocenters. The van der Waals surface area contributed by atoms with E-state index >= 15 is 0 Å². The zero-order chi connectivity index (χ0) is 17.1. The van der Waals surface area contributed by atoms with Crippen LogP contribution in [0.2, 0.25) is 0 Å². The summed E-state index contributed by atoms with van der Waals surface area (Å²) in [5.41, 5.74) is 3.47. The van der Waals surface area contributed by atoms with Crippen molar-refractivity contribution in [3.63, 3.8) is 0 Å². The van der Waals surface area contributed by atoms with Gasteiger partial charge < -0.3 is 10.0 Å². The van der Waals surface area contributed by atoms with Gasteiger partial charge in [0.2, 0.25) is 0 Å². The first-order chi connectivity index (χ1) is 12.3. The highest BCUT2D eigenvalue weighted by molar-refractivity contribution is 5.63. The van der Waals surface area contributed by atoms with Crippen molar-refractivity contribution in [2.45, 2.75) is 38.2 Å². The van der Waals surface area contributed by atoms with Gasteiger partial charge in [-0.05, 0) is 60.8 Å². The lowest BCUT2D eigenvalue weighted by Gasteiger charge is -2.25. The number of aliphatic hydroxyl groups is 1. The largest absolute Gasteiger partial charge is 0.388 e. The first-order valence-electron chi connectivity index (χ1n) is 9.84. The molecule has 25 heavy (non-hydrogen) atoms. The van der Waals surface area contributed by atoms with Crippen molar-refractivity contribution in [1.29, 1.82) is 0 Å². The third-order valence-corrected chi connectivity index (χ3v) is 6.14. The minimum atomic E-state index is -0.356. The van der Waals surface area contributed by atoms with Gasteiger partial charge in [-0.2, -0.15) is 0 Å². The summed E-state index contributed by atoms with van der Waals surface area (Å²) in [6.45, 7) is 3.49. The number of hydrogen-bond acceptors (Lipinski definition) is 2.